The van der Waals surface area contributed by atoms with Gasteiger partial charge in [-0.15, -0.1) is 0 Å². The first kappa shape index (κ1) is 17.0. The molecular formula is C19H27N3O2. The molecule has 0 aromatic heterocycles. The van der Waals surface area contributed by atoms with Crippen LogP contribution in [0.25, 0.3) is 0 Å². The van der Waals surface area contributed by atoms with Crippen molar-refractivity contribution in [3.8, 4) is 0 Å². The third-order valence-corrected chi connectivity index (χ3v) is 5.46. The van der Waals surface area contributed by atoms with Gasteiger partial charge in [0.05, 0.1) is 5.92 Å². The molecule has 0 saturated carbocycles. The van der Waals surface area contributed by atoms with E-state index in [1.54, 1.807) is 0 Å². The predicted molar refractivity (Wildman–Crippen MR) is 95.1 cm³/mol. The maximum absolute atomic E-state index is 12.1. The number of rotatable bonds is 4. The van der Waals surface area contributed by atoms with Crippen molar-refractivity contribution in [1.82, 2.24) is 10.2 Å². The molecule has 0 radical (unpaired) electrons. The summed E-state index contributed by atoms with van der Waals surface area (Å²) in [5.74, 6) is -0.521. The molecule has 2 saturated heterocycles. The van der Waals surface area contributed by atoms with Gasteiger partial charge in [0, 0.05) is 31.2 Å². The summed E-state index contributed by atoms with van der Waals surface area (Å²) in [5, 5.41) is 2.45. The molecule has 1 atom stereocenters. The lowest BCUT2D eigenvalue weighted by Gasteiger charge is -2.37. The van der Waals surface area contributed by atoms with E-state index in [4.69, 9.17) is 0 Å². The quantitative estimate of drug-likeness (QED) is 0.860. The number of imide groups is 1. The Labute approximate surface area is 144 Å². The van der Waals surface area contributed by atoms with Crippen LogP contribution in [0.15, 0.2) is 24.3 Å². The van der Waals surface area contributed by atoms with Crippen LogP contribution in [0.1, 0.15) is 44.1 Å². The van der Waals surface area contributed by atoms with Gasteiger partial charge in [0.25, 0.3) is 0 Å². The average Bonchev–Trinajstić information content (AvgIpc) is 2.61. The molecule has 5 heteroatoms. The molecule has 24 heavy (non-hydrogen) atoms. The van der Waals surface area contributed by atoms with Crippen molar-refractivity contribution < 1.29 is 9.59 Å². The molecule has 0 spiro atoms. The minimum atomic E-state index is -0.202. The number of anilines is 1. The monoisotopic (exact) mass is 329 g/mol. The molecular weight excluding hydrogens is 302 g/mol. The van der Waals surface area contributed by atoms with E-state index in [0.29, 0.717) is 18.9 Å². The molecule has 2 aliphatic heterocycles. The largest absolute Gasteiger partial charge is 0.371 e. The van der Waals surface area contributed by atoms with Crippen molar-refractivity contribution in [1.29, 1.82) is 0 Å². The highest BCUT2D eigenvalue weighted by Gasteiger charge is 2.28. The van der Waals surface area contributed by atoms with Crippen LogP contribution in [0.5, 0.6) is 0 Å². The minimum absolute atomic E-state index is 0.158. The third kappa shape index (κ3) is 3.61. The average molecular weight is 329 g/mol. The fourth-order valence-corrected chi connectivity index (χ4v) is 3.77. The number of nitrogens with one attached hydrogen (secondary N) is 1. The number of hydrogen-bond donors (Lipinski definition) is 1. The molecule has 0 bridgehead atoms. The van der Waals surface area contributed by atoms with E-state index in [1.807, 2.05) is 12.1 Å². The second-order valence-corrected chi connectivity index (χ2v) is 6.89. The van der Waals surface area contributed by atoms with E-state index in [0.717, 1.165) is 25.2 Å². The van der Waals surface area contributed by atoms with Gasteiger partial charge in [-0.05, 0) is 50.6 Å². The Kier molecular flexibility index (Phi) is 5.19. The van der Waals surface area contributed by atoms with Gasteiger partial charge in [0.1, 0.15) is 0 Å². The Morgan fingerprint density at radius 2 is 1.96 bits per heavy atom. The molecule has 1 aromatic rings. The summed E-state index contributed by atoms with van der Waals surface area (Å²) in [4.78, 5) is 28.3. The number of benzene rings is 1. The highest BCUT2D eigenvalue weighted by Crippen LogP contribution is 2.29. The Hall–Kier alpha value is -1.88. The van der Waals surface area contributed by atoms with E-state index in [-0.39, 0.29) is 17.7 Å². The number of piperidine rings is 2. The smallest absolute Gasteiger partial charge is 0.234 e. The Morgan fingerprint density at radius 1 is 1.21 bits per heavy atom. The van der Waals surface area contributed by atoms with Gasteiger partial charge in [-0.2, -0.15) is 0 Å². The van der Waals surface area contributed by atoms with Crippen LogP contribution in [0.2, 0.25) is 0 Å². The molecule has 5 nitrogen and oxygen atoms in total. The minimum Gasteiger partial charge on any atom is -0.371 e. The van der Waals surface area contributed by atoms with Crippen LogP contribution in [0.3, 0.4) is 0 Å². The van der Waals surface area contributed by atoms with Gasteiger partial charge in [-0.1, -0.05) is 19.1 Å². The number of carbonyl (C=O) groups is 2. The van der Waals surface area contributed by atoms with Crippen LogP contribution >= 0.6 is 0 Å². The van der Waals surface area contributed by atoms with E-state index in [2.05, 4.69) is 41.2 Å². The highest BCUT2D eigenvalue weighted by molar-refractivity contribution is 6.01. The highest BCUT2D eigenvalue weighted by atomic mass is 16.2. The Balaban J connectivity index is 1.68. The second-order valence-electron chi connectivity index (χ2n) is 6.89. The zero-order valence-corrected chi connectivity index (χ0v) is 14.6. The fourth-order valence-electron chi connectivity index (χ4n) is 3.77. The fraction of sp³-hybridized carbons (Fsp3) is 0.579. The van der Waals surface area contributed by atoms with Crippen molar-refractivity contribution in [2.45, 2.75) is 44.6 Å². The summed E-state index contributed by atoms with van der Waals surface area (Å²) in [6.45, 7) is 5.40. The van der Waals surface area contributed by atoms with Crippen molar-refractivity contribution in [2.24, 2.45) is 0 Å². The number of hydrogen-bond acceptors (Lipinski definition) is 4. The Morgan fingerprint density at radius 3 is 2.62 bits per heavy atom. The van der Waals surface area contributed by atoms with Gasteiger partial charge in [0.15, 0.2) is 0 Å². The summed E-state index contributed by atoms with van der Waals surface area (Å²) in [5.41, 5.74) is 2.21. The molecule has 0 aliphatic carbocycles. The summed E-state index contributed by atoms with van der Waals surface area (Å²) < 4.78 is 0. The van der Waals surface area contributed by atoms with Gasteiger partial charge >= 0.3 is 0 Å². The Bertz CT molecular complexity index is 608. The first-order valence-electron chi connectivity index (χ1n) is 8.97. The third-order valence-electron chi connectivity index (χ3n) is 5.46. The molecule has 1 unspecified atom stereocenters. The van der Waals surface area contributed by atoms with Crippen LogP contribution in [-0.2, 0) is 9.59 Å². The molecule has 3 rings (SSSR count). The van der Waals surface area contributed by atoms with Crippen molar-refractivity contribution in [3.05, 3.63) is 29.8 Å². The normalized spacial score (nSPS) is 22.8. The SMILES string of the molecule is CCN(C)C1CCN(c2cccc(C3CCC(=O)NC3=O)c2)CC1. The van der Waals surface area contributed by atoms with Gasteiger partial charge < -0.3 is 9.80 Å². The molecule has 2 aliphatic rings. The topological polar surface area (TPSA) is 52.6 Å². The first-order chi connectivity index (χ1) is 11.6. The summed E-state index contributed by atoms with van der Waals surface area (Å²) in [6, 6.07) is 8.95. The molecule has 130 valence electrons. The molecule has 2 heterocycles. The van der Waals surface area contributed by atoms with Crippen molar-refractivity contribution in [2.75, 3.05) is 31.6 Å². The van der Waals surface area contributed by atoms with Crippen LogP contribution in [0.4, 0.5) is 5.69 Å². The molecule has 2 fully saturated rings. The van der Waals surface area contributed by atoms with Crippen LogP contribution in [0, 0.1) is 0 Å². The van der Waals surface area contributed by atoms with Crippen molar-refractivity contribution in [3.63, 3.8) is 0 Å². The van der Waals surface area contributed by atoms with E-state index in [9.17, 15) is 9.59 Å². The lowest BCUT2D eigenvalue weighted by atomic mass is 9.90. The second kappa shape index (κ2) is 7.34. The van der Waals surface area contributed by atoms with Crippen LogP contribution in [-0.4, -0.2) is 49.4 Å². The van der Waals surface area contributed by atoms with Gasteiger partial charge in [0.2, 0.25) is 11.8 Å². The first-order valence-corrected chi connectivity index (χ1v) is 8.97. The van der Waals surface area contributed by atoms with E-state index >= 15 is 0 Å². The zero-order chi connectivity index (χ0) is 17.1. The van der Waals surface area contributed by atoms with E-state index in [1.165, 1.54) is 18.5 Å². The zero-order valence-electron chi connectivity index (χ0n) is 14.6. The van der Waals surface area contributed by atoms with Crippen molar-refractivity contribution >= 4 is 17.5 Å². The summed E-state index contributed by atoms with van der Waals surface area (Å²) >= 11 is 0. The maximum atomic E-state index is 12.1. The lowest BCUT2D eigenvalue weighted by molar-refractivity contribution is -0.134. The van der Waals surface area contributed by atoms with Crippen LogP contribution < -0.4 is 10.2 Å². The van der Waals surface area contributed by atoms with E-state index < -0.39 is 0 Å². The standard InChI is InChI=1S/C19H27N3O2/c1-3-21(2)15-9-11-22(12-10-15)16-6-4-5-14(13-16)17-7-8-18(23)20-19(17)24/h4-6,13,15,17H,3,7-12H2,1-2H3,(H,20,23,24). The number of amides is 2. The van der Waals surface area contributed by atoms with Gasteiger partial charge in [-0.25, -0.2) is 0 Å². The maximum Gasteiger partial charge on any atom is 0.234 e. The summed E-state index contributed by atoms with van der Waals surface area (Å²) in [7, 11) is 2.20. The molecule has 1 N–H and O–H groups in total. The molecule has 2 amide bonds. The number of nitrogens with zero attached hydrogens (tertiary/aromatic N) is 2. The van der Waals surface area contributed by atoms with Gasteiger partial charge in [-0.3, -0.25) is 14.9 Å². The summed E-state index contributed by atoms with van der Waals surface area (Å²) in [6.07, 6.45) is 3.38. The molecule has 1 aromatic carbocycles. The lowest BCUT2D eigenvalue weighted by Crippen LogP contribution is -2.43. The predicted octanol–water partition coefficient (Wildman–Crippen LogP) is 2.13. The number of carbonyl (C=O) groups excluding carboxylic acids is 2.